The molecule has 4 amide bonds. The molecule has 61 heavy (non-hydrogen) atoms. The summed E-state index contributed by atoms with van der Waals surface area (Å²) in [5, 5.41) is 23.8. The van der Waals surface area contributed by atoms with Crippen molar-refractivity contribution in [1.29, 1.82) is 0 Å². The van der Waals surface area contributed by atoms with Gasteiger partial charge in [0.1, 0.15) is 6.04 Å². The number of anilines is 1. The number of aromatic amines is 1. The second-order valence-corrected chi connectivity index (χ2v) is 15.0. The molecule has 14 heteroatoms. The highest BCUT2D eigenvalue weighted by atomic mass is 16.5. The molecule has 3 aromatic carbocycles. The lowest BCUT2D eigenvalue weighted by Crippen LogP contribution is -2.52. The first-order valence-corrected chi connectivity index (χ1v) is 20.8. The number of imide groups is 1. The smallest absolute Gasteiger partial charge is 0.296 e. The molecule has 4 aromatic rings. The van der Waals surface area contributed by atoms with Crippen LogP contribution in [0.5, 0.6) is 5.88 Å². The molecule has 0 radical (unpaired) electrons. The average molecular weight is 826 g/mol. The van der Waals surface area contributed by atoms with Crippen molar-refractivity contribution in [3.8, 4) is 17.7 Å². The van der Waals surface area contributed by atoms with Crippen LogP contribution in [0, 0.1) is 17.8 Å². The highest BCUT2D eigenvalue weighted by Crippen LogP contribution is 2.33. The lowest BCUT2D eigenvalue weighted by molar-refractivity contribution is -0.137. The quantitative estimate of drug-likeness (QED) is 0.0363. The van der Waals surface area contributed by atoms with Crippen LogP contribution in [0.25, 0.3) is 10.9 Å². The maximum atomic E-state index is 13.1. The normalized spacial score (nSPS) is 17.5. The van der Waals surface area contributed by atoms with Gasteiger partial charge in [-0.15, -0.1) is 0 Å². The Morgan fingerprint density at radius 3 is 2.62 bits per heavy atom. The number of nitrogens with one attached hydrogen (secondary N) is 5. The lowest BCUT2D eigenvalue weighted by Gasteiger charge is -2.29. The summed E-state index contributed by atoms with van der Waals surface area (Å²) in [6, 6.07) is 20.2. The number of hydrogen-bond donors (Lipinski definition) is 6. The van der Waals surface area contributed by atoms with E-state index in [1.54, 1.807) is 11.0 Å². The SMILES string of the molecule is CCNC(=O)C#Cc1ccc2c(C(=NC3=CCC(CNCCOCCOCCCNc4cccc5c4CN(C4CCC(=O)NC4=O)C5=O)C=C3)c3ccccc3)c(O)[nH]c2c1. The van der Waals surface area contributed by atoms with E-state index in [1.807, 2.05) is 73.7 Å². The molecule has 0 saturated carbocycles. The summed E-state index contributed by atoms with van der Waals surface area (Å²) in [6.07, 6.45) is 8.44. The minimum atomic E-state index is -0.637. The number of amides is 4. The average Bonchev–Trinajstić information content (AvgIpc) is 3.78. The van der Waals surface area contributed by atoms with Crippen LogP contribution in [-0.4, -0.2) is 103 Å². The standard InChI is InChI=1S/C47H51N7O7/c1-2-49-41(55)20-15-31-14-18-36-39(28-31)52-46(58)43(36)44(33-8-4-3-5-9-33)51-34-16-12-32(13-17-34)29-48-23-25-61-27-26-60-24-7-22-50-38-11-6-10-35-37(38)30-54(47(35)59)40-19-21-42(56)53-45(40)57/h3-6,8-12,14,16-18,28,32,40,48,50,52,58H,2,7,13,19,21-27,29-30H2,1H3,(H,49,55)(H,53,56,57). The maximum absolute atomic E-state index is 13.1. The van der Waals surface area contributed by atoms with Crippen LogP contribution in [0.4, 0.5) is 5.69 Å². The third-order valence-corrected chi connectivity index (χ3v) is 10.7. The van der Waals surface area contributed by atoms with E-state index >= 15 is 0 Å². The fourth-order valence-corrected chi connectivity index (χ4v) is 7.61. The topological polar surface area (TPSA) is 186 Å². The molecule has 3 aliphatic rings. The zero-order chi connectivity index (χ0) is 42.6. The Balaban J connectivity index is 0.801. The molecule has 6 N–H and O–H groups in total. The van der Waals surface area contributed by atoms with Gasteiger partial charge in [0, 0.05) is 85.0 Å². The number of fused-ring (bicyclic) bond motifs is 2. The van der Waals surface area contributed by atoms with Gasteiger partial charge in [-0.25, -0.2) is 4.99 Å². The maximum Gasteiger partial charge on any atom is 0.296 e. The van der Waals surface area contributed by atoms with Gasteiger partial charge in [0.2, 0.25) is 11.8 Å². The first-order chi connectivity index (χ1) is 29.8. The van der Waals surface area contributed by atoms with Crippen molar-refractivity contribution in [3.63, 3.8) is 0 Å². The zero-order valence-electron chi connectivity index (χ0n) is 34.2. The molecule has 1 saturated heterocycles. The number of H-pyrrole nitrogens is 1. The van der Waals surface area contributed by atoms with Gasteiger partial charge in [-0.1, -0.05) is 60.5 Å². The molecular formula is C47H51N7O7. The van der Waals surface area contributed by atoms with Crippen molar-refractivity contribution in [2.24, 2.45) is 10.9 Å². The van der Waals surface area contributed by atoms with E-state index in [9.17, 15) is 24.3 Å². The molecule has 316 valence electrons. The monoisotopic (exact) mass is 825 g/mol. The van der Waals surface area contributed by atoms with Crippen LogP contribution >= 0.6 is 0 Å². The van der Waals surface area contributed by atoms with Crippen LogP contribution in [0.2, 0.25) is 0 Å². The number of benzene rings is 3. The highest BCUT2D eigenvalue weighted by molar-refractivity contribution is 6.21. The van der Waals surface area contributed by atoms with E-state index in [0.717, 1.165) is 47.3 Å². The molecular weight excluding hydrogens is 775 g/mol. The molecule has 2 unspecified atom stereocenters. The van der Waals surface area contributed by atoms with Gasteiger partial charge < -0.3 is 40.4 Å². The molecule has 0 bridgehead atoms. The van der Waals surface area contributed by atoms with E-state index in [1.165, 1.54) is 0 Å². The Kier molecular flexibility index (Phi) is 14.4. The minimum Gasteiger partial charge on any atom is -0.494 e. The summed E-state index contributed by atoms with van der Waals surface area (Å²) >= 11 is 0. The number of piperidine rings is 1. The van der Waals surface area contributed by atoms with E-state index in [-0.39, 0.29) is 30.0 Å². The van der Waals surface area contributed by atoms with Crippen molar-refractivity contribution in [2.75, 3.05) is 57.9 Å². The molecule has 1 fully saturated rings. The predicted molar refractivity (Wildman–Crippen MR) is 233 cm³/mol. The number of carbonyl (C=O) groups excluding carboxylic acids is 4. The summed E-state index contributed by atoms with van der Waals surface area (Å²) in [5.41, 5.74) is 6.58. The lowest BCUT2D eigenvalue weighted by atomic mass is 9.98. The van der Waals surface area contributed by atoms with E-state index < -0.39 is 11.9 Å². The molecule has 7 rings (SSSR count). The van der Waals surface area contributed by atoms with Crippen molar-refractivity contribution >= 4 is 45.9 Å². The molecule has 1 aromatic heterocycles. The Labute approximate surface area is 354 Å². The van der Waals surface area contributed by atoms with Crippen molar-refractivity contribution in [1.82, 2.24) is 25.8 Å². The van der Waals surface area contributed by atoms with Gasteiger partial charge in [0.15, 0.2) is 5.88 Å². The van der Waals surface area contributed by atoms with Crippen LogP contribution in [0.3, 0.4) is 0 Å². The van der Waals surface area contributed by atoms with Gasteiger partial charge in [-0.05, 0) is 62.4 Å². The number of allylic oxidation sites excluding steroid dienone is 2. The summed E-state index contributed by atoms with van der Waals surface area (Å²) in [5.74, 6) is 4.55. The Morgan fingerprint density at radius 1 is 1.00 bits per heavy atom. The first kappa shape index (κ1) is 42.6. The molecule has 2 aliphatic heterocycles. The number of ether oxygens (including phenoxy) is 2. The largest absolute Gasteiger partial charge is 0.494 e. The number of hydrogen-bond acceptors (Lipinski definition) is 10. The molecule has 0 spiro atoms. The summed E-state index contributed by atoms with van der Waals surface area (Å²) in [7, 11) is 0. The van der Waals surface area contributed by atoms with Gasteiger partial charge >= 0.3 is 0 Å². The molecule has 2 atom stereocenters. The van der Waals surface area contributed by atoms with E-state index in [0.29, 0.717) is 92.9 Å². The number of aromatic nitrogens is 1. The molecule has 14 nitrogen and oxygen atoms in total. The van der Waals surface area contributed by atoms with Gasteiger partial charge in [0.25, 0.3) is 11.8 Å². The van der Waals surface area contributed by atoms with Crippen LogP contribution in [0.1, 0.15) is 65.2 Å². The third kappa shape index (κ3) is 10.8. The fraction of sp³-hybridized carbons (Fsp3) is 0.340. The highest BCUT2D eigenvalue weighted by Gasteiger charge is 2.39. The van der Waals surface area contributed by atoms with Crippen molar-refractivity contribution in [3.05, 3.63) is 118 Å². The van der Waals surface area contributed by atoms with Crippen LogP contribution < -0.4 is 21.3 Å². The summed E-state index contributed by atoms with van der Waals surface area (Å²) in [4.78, 5) is 58.5. The van der Waals surface area contributed by atoms with E-state index in [2.05, 4.69) is 50.2 Å². The minimum absolute atomic E-state index is 0.00542. The molecule has 3 heterocycles. The molecule has 1 aliphatic carbocycles. The van der Waals surface area contributed by atoms with Crippen LogP contribution in [0.15, 0.2) is 95.6 Å². The predicted octanol–water partition coefficient (Wildman–Crippen LogP) is 4.54. The number of aromatic hydroxyl groups is 1. The number of nitrogens with zero attached hydrogens (tertiary/aromatic N) is 2. The third-order valence-electron chi connectivity index (χ3n) is 10.7. The summed E-state index contributed by atoms with van der Waals surface area (Å²) < 4.78 is 11.5. The van der Waals surface area contributed by atoms with Gasteiger partial charge in [-0.2, -0.15) is 0 Å². The number of aliphatic imine (C=N–C) groups is 1. The first-order valence-electron chi connectivity index (χ1n) is 20.8. The zero-order valence-corrected chi connectivity index (χ0v) is 34.2. The van der Waals surface area contributed by atoms with Gasteiger partial charge in [-0.3, -0.25) is 24.5 Å². The fourth-order valence-electron chi connectivity index (χ4n) is 7.61. The second-order valence-electron chi connectivity index (χ2n) is 15.0. The van der Waals surface area contributed by atoms with Crippen molar-refractivity contribution < 1.29 is 33.8 Å². The Morgan fingerprint density at radius 2 is 1.84 bits per heavy atom. The number of rotatable bonds is 18. The summed E-state index contributed by atoms with van der Waals surface area (Å²) in [6.45, 7) is 6.96. The second kappa shape index (κ2) is 20.6. The van der Waals surface area contributed by atoms with Gasteiger partial charge in [0.05, 0.1) is 42.3 Å². The Hall–Kier alpha value is -6.53. The Bertz CT molecular complexity index is 2410. The van der Waals surface area contributed by atoms with E-state index in [4.69, 9.17) is 14.5 Å². The number of carbonyl (C=O) groups is 4. The van der Waals surface area contributed by atoms with Crippen molar-refractivity contribution in [2.45, 2.75) is 45.2 Å². The van der Waals surface area contributed by atoms with Crippen LogP contribution in [-0.2, 0) is 30.4 Å².